The molecule has 226 valence electrons. The molecule has 0 unspecified atom stereocenters. The Morgan fingerprint density at radius 2 is 1.00 bits per heavy atom. The first-order chi connectivity index (χ1) is 24.3. The van der Waals surface area contributed by atoms with Crippen molar-refractivity contribution in [3.8, 4) is 50.6 Å². The molecule has 1 aliphatic carbocycles. The van der Waals surface area contributed by atoms with Crippen LogP contribution >= 0.6 is 0 Å². The zero-order valence-electron chi connectivity index (χ0n) is 26.4. The van der Waals surface area contributed by atoms with E-state index in [1.165, 1.54) is 54.8 Å². The van der Waals surface area contributed by atoms with E-state index < -0.39 is 0 Å². The van der Waals surface area contributed by atoms with Crippen LogP contribution < -0.4 is 0 Å². The van der Waals surface area contributed by atoms with E-state index >= 15 is 0 Å². The van der Waals surface area contributed by atoms with Crippen LogP contribution in [0.25, 0.3) is 105 Å². The van der Waals surface area contributed by atoms with E-state index in [1.54, 1.807) is 0 Å². The predicted molar refractivity (Wildman–Crippen MR) is 204 cm³/mol. The third-order valence-electron chi connectivity index (χ3n) is 10.3. The quantitative estimate of drug-likeness (QED) is 0.184. The van der Waals surface area contributed by atoms with Gasteiger partial charge in [-0.05, 0) is 51.2 Å². The third kappa shape index (κ3) is 3.67. The highest BCUT2D eigenvalue weighted by molar-refractivity contribution is 6.31. The molecule has 10 aromatic rings. The van der Waals surface area contributed by atoms with E-state index in [-0.39, 0.29) is 0 Å². The molecule has 49 heavy (non-hydrogen) atoms. The van der Waals surface area contributed by atoms with Crippen LogP contribution in [0.2, 0.25) is 0 Å². The highest BCUT2D eigenvalue weighted by Gasteiger charge is 2.26. The summed E-state index contributed by atoms with van der Waals surface area (Å²) >= 11 is 0. The molecular weight excluding hydrogens is 595 g/mol. The molecule has 2 aromatic heterocycles. The monoisotopic (exact) mass is 621 g/mol. The maximum Gasteiger partial charge on any atom is 0.160 e. The highest BCUT2D eigenvalue weighted by Crippen LogP contribution is 2.50. The van der Waals surface area contributed by atoms with Gasteiger partial charge in [-0.1, -0.05) is 146 Å². The van der Waals surface area contributed by atoms with Crippen LogP contribution in [0, 0.1) is 0 Å². The first-order valence-corrected chi connectivity index (χ1v) is 16.8. The Bertz CT molecular complexity index is 2970. The van der Waals surface area contributed by atoms with Gasteiger partial charge in [0.1, 0.15) is 0 Å². The Morgan fingerprint density at radius 1 is 0.388 bits per heavy atom. The summed E-state index contributed by atoms with van der Waals surface area (Å²) < 4.78 is 2.49. The number of rotatable bonds is 3. The molecule has 1 aliphatic rings. The van der Waals surface area contributed by atoms with Gasteiger partial charge in [0, 0.05) is 38.1 Å². The predicted octanol–water partition coefficient (Wildman–Crippen LogP) is 12.0. The van der Waals surface area contributed by atoms with Gasteiger partial charge in [-0.15, -0.1) is 0 Å². The maximum atomic E-state index is 5.29. The summed E-state index contributed by atoms with van der Waals surface area (Å²) in [4.78, 5) is 10.6. The van der Waals surface area contributed by atoms with Crippen molar-refractivity contribution in [3.05, 3.63) is 164 Å². The lowest BCUT2D eigenvalue weighted by Gasteiger charge is -2.17. The van der Waals surface area contributed by atoms with Gasteiger partial charge in [-0.3, -0.25) is 0 Å². The molecule has 0 amide bonds. The van der Waals surface area contributed by atoms with Gasteiger partial charge in [-0.2, -0.15) is 0 Å². The van der Waals surface area contributed by atoms with Crippen LogP contribution in [0.4, 0.5) is 0 Å². The fourth-order valence-corrected chi connectivity index (χ4v) is 8.24. The second-order valence-electron chi connectivity index (χ2n) is 12.9. The molecule has 0 saturated carbocycles. The highest BCUT2D eigenvalue weighted by atomic mass is 15.0. The summed E-state index contributed by atoms with van der Waals surface area (Å²) in [5, 5.41) is 8.46. The molecule has 0 radical (unpaired) electrons. The van der Waals surface area contributed by atoms with Gasteiger partial charge in [-0.25, -0.2) is 9.97 Å². The van der Waals surface area contributed by atoms with E-state index in [0.29, 0.717) is 0 Å². The first kappa shape index (κ1) is 26.5. The van der Waals surface area contributed by atoms with Crippen molar-refractivity contribution in [2.75, 3.05) is 0 Å². The largest absolute Gasteiger partial charge is 0.309 e. The van der Waals surface area contributed by atoms with E-state index in [0.717, 1.165) is 50.0 Å². The van der Waals surface area contributed by atoms with E-state index in [1.807, 2.05) is 18.2 Å². The van der Waals surface area contributed by atoms with E-state index in [2.05, 4.69) is 150 Å². The molecular formula is C46H27N3. The second kappa shape index (κ2) is 9.96. The minimum atomic E-state index is 0.728. The van der Waals surface area contributed by atoms with Crippen LogP contribution in [0.3, 0.4) is 0 Å². The minimum Gasteiger partial charge on any atom is -0.309 e. The number of aromatic nitrogens is 3. The smallest absolute Gasteiger partial charge is 0.160 e. The molecule has 2 heterocycles. The molecule has 0 saturated heterocycles. The number of nitrogens with zero attached hydrogens (tertiary/aromatic N) is 3. The van der Waals surface area contributed by atoms with Gasteiger partial charge >= 0.3 is 0 Å². The molecule has 0 spiro atoms. The Balaban J connectivity index is 1.33. The number of hydrogen-bond donors (Lipinski definition) is 0. The Kier molecular flexibility index (Phi) is 5.38. The maximum absolute atomic E-state index is 5.29. The molecule has 0 aliphatic heterocycles. The normalized spacial score (nSPS) is 12.1. The van der Waals surface area contributed by atoms with Crippen molar-refractivity contribution in [3.63, 3.8) is 0 Å². The van der Waals surface area contributed by atoms with Crippen LogP contribution in [-0.4, -0.2) is 14.5 Å². The summed E-state index contributed by atoms with van der Waals surface area (Å²) in [6, 6.07) is 58.8. The van der Waals surface area contributed by atoms with Gasteiger partial charge in [0.15, 0.2) is 5.82 Å². The molecule has 11 rings (SSSR count). The lowest BCUT2D eigenvalue weighted by Crippen LogP contribution is -2.00. The van der Waals surface area contributed by atoms with Gasteiger partial charge in [0.05, 0.1) is 27.9 Å². The molecule has 0 atom stereocenters. The molecule has 0 bridgehead atoms. The van der Waals surface area contributed by atoms with Crippen LogP contribution in [0.1, 0.15) is 0 Å². The molecule has 3 heteroatoms. The SMILES string of the molecule is c1ccc(-c2nc(-c3ccccc3)c3cc(-n4c5cccc6c5c5c7c(cccc7ccc54)-c4ccccc4-6)c4ccccc4c3n2)cc1. The van der Waals surface area contributed by atoms with Gasteiger partial charge in [0.25, 0.3) is 0 Å². The standard InChI is InChI=1S/C46H27N3/c1-3-13-29(14-4-1)44-37-27-40(33-20-9-10-21-36(33)45(37)48-46(47-44)30-15-5-2-6-16-30)49-38-24-12-23-35-32-19-8-7-18-31(32)34-22-11-17-28-25-26-39(49)43(41(28)34)42(35)38/h1-27H. The first-order valence-electron chi connectivity index (χ1n) is 16.8. The van der Waals surface area contributed by atoms with E-state index in [9.17, 15) is 0 Å². The van der Waals surface area contributed by atoms with Crippen molar-refractivity contribution >= 4 is 54.3 Å². The Morgan fingerprint density at radius 3 is 1.78 bits per heavy atom. The summed E-state index contributed by atoms with van der Waals surface area (Å²) in [5.41, 5.74) is 12.6. The van der Waals surface area contributed by atoms with Gasteiger partial charge in [0.2, 0.25) is 0 Å². The molecule has 3 nitrogen and oxygen atoms in total. The summed E-state index contributed by atoms with van der Waals surface area (Å²) in [7, 11) is 0. The Labute approximate surface area is 282 Å². The van der Waals surface area contributed by atoms with Crippen molar-refractivity contribution in [1.29, 1.82) is 0 Å². The Hall–Kier alpha value is -6.58. The number of benzene rings is 8. The average Bonchev–Trinajstić information content (AvgIpc) is 3.45. The van der Waals surface area contributed by atoms with Crippen LogP contribution in [-0.2, 0) is 0 Å². The fourth-order valence-electron chi connectivity index (χ4n) is 8.24. The van der Waals surface area contributed by atoms with Crippen molar-refractivity contribution < 1.29 is 0 Å². The number of hydrogen-bond acceptors (Lipinski definition) is 2. The summed E-state index contributed by atoms with van der Waals surface area (Å²) in [6.07, 6.45) is 0. The molecule has 0 fully saturated rings. The lowest BCUT2D eigenvalue weighted by atomic mass is 9.93. The summed E-state index contributed by atoms with van der Waals surface area (Å²) in [5.74, 6) is 0.728. The van der Waals surface area contributed by atoms with Crippen molar-refractivity contribution in [2.24, 2.45) is 0 Å². The zero-order valence-corrected chi connectivity index (χ0v) is 26.4. The van der Waals surface area contributed by atoms with Crippen molar-refractivity contribution in [2.45, 2.75) is 0 Å². The van der Waals surface area contributed by atoms with Crippen LogP contribution in [0.5, 0.6) is 0 Å². The van der Waals surface area contributed by atoms with Gasteiger partial charge < -0.3 is 4.57 Å². The topological polar surface area (TPSA) is 30.7 Å². The second-order valence-corrected chi connectivity index (χ2v) is 12.9. The van der Waals surface area contributed by atoms with Crippen molar-refractivity contribution in [1.82, 2.24) is 14.5 Å². The third-order valence-corrected chi connectivity index (χ3v) is 10.3. The minimum absolute atomic E-state index is 0.728. The van der Waals surface area contributed by atoms with Crippen LogP contribution in [0.15, 0.2) is 164 Å². The lowest BCUT2D eigenvalue weighted by molar-refractivity contribution is 1.19. The number of fused-ring (bicyclic) bond motifs is 6. The average molecular weight is 622 g/mol. The fraction of sp³-hybridized carbons (Fsp3) is 0. The van der Waals surface area contributed by atoms with E-state index in [4.69, 9.17) is 9.97 Å². The zero-order chi connectivity index (χ0) is 32.1. The molecule has 0 N–H and O–H groups in total. The molecule has 8 aromatic carbocycles. The summed E-state index contributed by atoms with van der Waals surface area (Å²) in [6.45, 7) is 0.